The smallest absolute Gasteiger partial charge is 0.233 e. The van der Waals surface area contributed by atoms with Crippen molar-refractivity contribution < 1.29 is 9.90 Å². The van der Waals surface area contributed by atoms with Gasteiger partial charge >= 0.3 is 0 Å². The normalized spacial score (nSPS) is 16.4. The van der Waals surface area contributed by atoms with Crippen molar-refractivity contribution in [3.63, 3.8) is 0 Å². The van der Waals surface area contributed by atoms with Crippen molar-refractivity contribution in [2.75, 3.05) is 45.1 Å². The molecule has 1 heterocycles. The third-order valence-corrected chi connectivity index (χ3v) is 4.75. The van der Waals surface area contributed by atoms with E-state index in [1.807, 2.05) is 17.0 Å². The van der Waals surface area contributed by atoms with Gasteiger partial charge < -0.3 is 10.0 Å². The molecule has 1 N–H and O–H groups in total. The van der Waals surface area contributed by atoms with E-state index in [0.29, 0.717) is 12.3 Å². The first-order valence-electron chi connectivity index (χ1n) is 7.00. The van der Waals surface area contributed by atoms with Gasteiger partial charge in [-0.25, -0.2) is 0 Å². The number of piperazine rings is 1. The highest BCUT2D eigenvalue weighted by molar-refractivity contribution is 8.00. The maximum absolute atomic E-state index is 12.2. The highest BCUT2D eigenvalue weighted by Gasteiger charge is 2.20. The minimum Gasteiger partial charge on any atom is -0.395 e. The molecule has 0 atom stereocenters. The van der Waals surface area contributed by atoms with Crippen molar-refractivity contribution in [2.24, 2.45) is 0 Å². The standard InChI is InChI=1S/C15H22N2O2S/c1-13-4-2-3-5-14(13)20-12-15(19)17-8-6-16(7-9-17)10-11-18/h2-5,18H,6-12H2,1H3. The van der Waals surface area contributed by atoms with Crippen LogP contribution in [0.5, 0.6) is 0 Å². The summed E-state index contributed by atoms with van der Waals surface area (Å²) < 4.78 is 0. The number of nitrogens with zero attached hydrogens (tertiary/aromatic N) is 2. The number of hydrogen-bond donors (Lipinski definition) is 1. The quantitative estimate of drug-likeness (QED) is 0.830. The summed E-state index contributed by atoms with van der Waals surface area (Å²) in [5.41, 5.74) is 1.22. The molecule has 1 amide bonds. The van der Waals surface area contributed by atoms with Crippen LogP contribution in [-0.2, 0) is 4.79 Å². The minimum atomic E-state index is 0.192. The number of thioether (sulfide) groups is 1. The van der Waals surface area contributed by atoms with Crippen LogP contribution >= 0.6 is 11.8 Å². The molecule has 1 aromatic rings. The Hall–Kier alpha value is -1.04. The van der Waals surface area contributed by atoms with Crippen LogP contribution in [0.4, 0.5) is 0 Å². The Labute approximate surface area is 124 Å². The van der Waals surface area contributed by atoms with Crippen molar-refractivity contribution in [1.82, 2.24) is 9.80 Å². The van der Waals surface area contributed by atoms with Gasteiger partial charge in [0.1, 0.15) is 0 Å². The lowest BCUT2D eigenvalue weighted by Gasteiger charge is -2.34. The second-order valence-corrected chi connectivity index (χ2v) is 6.02. The average molecular weight is 294 g/mol. The van der Waals surface area contributed by atoms with Gasteiger partial charge in [-0.15, -0.1) is 11.8 Å². The van der Waals surface area contributed by atoms with Gasteiger partial charge in [-0.05, 0) is 18.6 Å². The maximum atomic E-state index is 12.2. The molecule has 0 spiro atoms. The van der Waals surface area contributed by atoms with Gasteiger partial charge in [0.2, 0.25) is 5.91 Å². The Morgan fingerprint density at radius 1 is 1.25 bits per heavy atom. The fourth-order valence-corrected chi connectivity index (χ4v) is 3.24. The molecule has 0 aliphatic carbocycles. The average Bonchev–Trinajstić information content (AvgIpc) is 2.47. The van der Waals surface area contributed by atoms with Gasteiger partial charge in [0.05, 0.1) is 12.4 Å². The Kier molecular flexibility index (Phi) is 5.88. The fourth-order valence-electron chi connectivity index (χ4n) is 2.31. The number of amides is 1. The number of carbonyl (C=O) groups is 1. The highest BCUT2D eigenvalue weighted by Crippen LogP contribution is 2.22. The Bertz CT molecular complexity index is 445. The Morgan fingerprint density at radius 2 is 1.95 bits per heavy atom. The molecule has 20 heavy (non-hydrogen) atoms. The van der Waals surface area contributed by atoms with E-state index in [9.17, 15) is 4.79 Å². The second-order valence-electron chi connectivity index (χ2n) is 5.00. The molecule has 4 nitrogen and oxygen atoms in total. The Balaban J connectivity index is 1.77. The number of aryl methyl sites for hydroxylation is 1. The highest BCUT2D eigenvalue weighted by atomic mass is 32.2. The van der Waals surface area contributed by atoms with Gasteiger partial charge in [-0.3, -0.25) is 9.69 Å². The lowest BCUT2D eigenvalue weighted by molar-refractivity contribution is -0.130. The van der Waals surface area contributed by atoms with Crippen LogP contribution in [0.15, 0.2) is 29.2 Å². The number of aliphatic hydroxyl groups excluding tert-OH is 1. The van der Waals surface area contributed by atoms with E-state index in [-0.39, 0.29) is 12.5 Å². The van der Waals surface area contributed by atoms with Crippen LogP contribution in [0, 0.1) is 6.92 Å². The summed E-state index contributed by atoms with van der Waals surface area (Å²) in [4.78, 5) is 17.5. The third-order valence-electron chi connectivity index (χ3n) is 3.59. The molecule has 0 unspecified atom stereocenters. The summed E-state index contributed by atoms with van der Waals surface area (Å²) in [6, 6.07) is 8.15. The first-order valence-corrected chi connectivity index (χ1v) is 7.98. The number of benzene rings is 1. The number of aliphatic hydroxyl groups is 1. The zero-order valence-electron chi connectivity index (χ0n) is 11.9. The molecule has 2 rings (SSSR count). The van der Waals surface area contributed by atoms with E-state index in [4.69, 9.17) is 5.11 Å². The molecule has 0 radical (unpaired) electrons. The molecule has 5 heteroatoms. The largest absolute Gasteiger partial charge is 0.395 e. The summed E-state index contributed by atoms with van der Waals surface area (Å²) in [6.45, 7) is 6.24. The number of β-amino-alcohol motifs (C(OH)–C–C–N with tert-alkyl or cyclic N) is 1. The molecule has 110 valence electrons. The Morgan fingerprint density at radius 3 is 2.60 bits per heavy atom. The SMILES string of the molecule is Cc1ccccc1SCC(=O)N1CCN(CCO)CC1. The summed E-state index contributed by atoms with van der Waals surface area (Å²) in [7, 11) is 0. The van der Waals surface area contributed by atoms with Gasteiger partial charge in [0, 0.05) is 37.6 Å². The maximum Gasteiger partial charge on any atom is 0.233 e. The fraction of sp³-hybridized carbons (Fsp3) is 0.533. The van der Waals surface area contributed by atoms with Crippen molar-refractivity contribution in [3.8, 4) is 0 Å². The molecule has 1 fully saturated rings. The molecular formula is C15H22N2O2S. The first-order chi connectivity index (χ1) is 9.70. The van der Waals surface area contributed by atoms with E-state index >= 15 is 0 Å². The number of hydrogen-bond acceptors (Lipinski definition) is 4. The predicted molar refractivity (Wildman–Crippen MR) is 82.0 cm³/mol. The van der Waals surface area contributed by atoms with Crippen LogP contribution in [0.2, 0.25) is 0 Å². The molecule has 1 aliphatic heterocycles. The summed E-state index contributed by atoms with van der Waals surface area (Å²) in [5.74, 6) is 0.715. The molecule has 1 aromatic carbocycles. The summed E-state index contributed by atoms with van der Waals surface area (Å²) in [5, 5.41) is 8.90. The van der Waals surface area contributed by atoms with Crippen LogP contribution < -0.4 is 0 Å². The lowest BCUT2D eigenvalue weighted by Crippen LogP contribution is -2.49. The van der Waals surface area contributed by atoms with Crippen LogP contribution in [0.1, 0.15) is 5.56 Å². The molecule has 0 saturated carbocycles. The van der Waals surface area contributed by atoms with Crippen LogP contribution in [-0.4, -0.2) is 65.9 Å². The number of carbonyl (C=O) groups excluding carboxylic acids is 1. The van der Waals surface area contributed by atoms with Gasteiger partial charge in [0.25, 0.3) is 0 Å². The van der Waals surface area contributed by atoms with E-state index in [1.54, 1.807) is 11.8 Å². The monoisotopic (exact) mass is 294 g/mol. The minimum absolute atomic E-state index is 0.192. The zero-order chi connectivity index (χ0) is 14.4. The molecule has 0 bridgehead atoms. The van der Waals surface area contributed by atoms with E-state index in [2.05, 4.69) is 24.0 Å². The molecular weight excluding hydrogens is 272 g/mol. The predicted octanol–water partition coefficient (Wildman–Crippen LogP) is 1.22. The summed E-state index contributed by atoms with van der Waals surface area (Å²) in [6.07, 6.45) is 0. The zero-order valence-corrected chi connectivity index (χ0v) is 12.7. The lowest BCUT2D eigenvalue weighted by atomic mass is 10.2. The topological polar surface area (TPSA) is 43.8 Å². The van der Waals surface area contributed by atoms with Crippen LogP contribution in [0.3, 0.4) is 0 Å². The third kappa shape index (κ3) is 4.23. The van der Waals surface area contributed by atoms with Crippen molar-refractivity contribution in [3.05, 3.63) is 29.8 Å². The van der Waals surface area contributed by atoms with Gasteiger partial charge in [0.15, 0.2) is 0 Å². The van der Waals surface area contributed by atoms with Gasteiger partial charge in [-0.1, -0.05) is 18.2 Å². The molecule has 1 saturated heterocycles. The van der Waals surface area contributed by atoms with E-state index < -0.39 is 0 Å². The van der Waals surface area contributed by atoms with E-state index in [0.717, 1.165) is 26.2 Å². The van der Waals surface area contributed by atoms with Crippen molar-refractivity contribution in [1.29, 1.82) is 0 Å². The summed E-state index contributed by atoms with van der Waals surface area (Å²) >= 11 is 1.62. The first kappa shape index (κ1) is 15.4. The van der Waals surface area contributed by atoms with Crippen molar-refractivity contribution in [2.45, 2.75) is 11.8 Å². The molecule has 0 aromatic heterocycles. The van der Waals surface area contributed by atoms with Gasteiger partial charge in [-0.2, -0.15) is 0 Å². The van der Waals surface area contributed by atoms with Crippen molar-refractivity contribution >= 4 is 17.7 Å². The van der Waals surface area contributed by atoms with E-state index in [1.165, 1.54) is 10.5 Å². The molecule has 1 aliphatic rings. The van der Waals surface area contributed by atoms with Crippen LogP contribution in [0.25, 0.3) is 0 Å². The number of rotatable bonds is 5. The second kappa shape index (κ2) is 7.67.